The molecule has 8 nitrogen and oxygen atoms in total. The Labute approximate surface area is 564 Å². The van der Waals surface area contributed by atoms with Crippen LogP contribution in [0.25, 0.3) is 0 Å². The molecule has 0 saturated carbocycles. The minimum absolute atomic E-state index is 0.0784. The number of carbonyl (C=O) groups excluding carboxylic acids is 1. The van der Waals surface area contributed by atoms with Crippen LogP contribution in [0.2, 0.25) is 0 Å². The molecule has 3 atom stereocenters. The Morgan fingerprint density at radius 1 is 0.378 bits per heavy atom. The van der Waals surface area contributed by atoms with Crippen molar-refractivity contribution in [1.29, 1.82) is 0 Å². The lowest BCUT2D eigenvalue weighted by molar-refractivity contribution is -0.870. The van der Waals surface area contributed by atoms with Crippen molar-refractivity contribution in [3.63, 3.8) is 0 Å². The Bertz CT molecular complexity index is 1520. The summed E-state index contributed by atoms with van der Waals surface area (Å²) >= 11 is 0. The molecule has 0 aliphatic rings. The van der Waals surface area contributed by atoms with Gasteiger partial charge in [-0.1, -0.05) is 411 Å². The first-order chi connectivity index (χ1) is 44.0. The highest BCUT2D eigenvalue weighted by atomic mass is 31.2. The number of carbonyl (C=O) groups is 1. The zero-order valence-corrected chi connectivity index (χ0v) is 62.6. The quantitative estimate of drug-likeness (QED) is 0.0243. The predicted molar refractivity (Wildman–Crippen MR) is 397 cm³/mol. The normalized spacial score (nSPS) is 13.5. The topological polar surface area (TPSA) is 105 Å². The molecule has 0 spiro atoms. The smallest absolute Gasteiger partial charge is 0.391 e. The lowest BCUT2D eigenvalue weighted by atomic mass is 10.0. The van der Waals surface area contributed by atoms with Gasteiger partial charge in [-0.2, -0.15) is 0 Å². The van der Waals surface area contributed by atoms with E-state index in [-0.39, 0.29) is 19.1 Å². The van der Waals surface area contributed by atoms with Crippen molar-refractivity contribution in [3.05, 3.63) is 24.3 Å². The molecule has 0 aromatic carbocycles. The van der Waals surface area contributed by atoms with Crippen molar-refractivity contribution < 1.29 is 32.9 Å². The van der Waals surface area contributed by atoms with Gasteiger partial charge in [-0.25, -0.2) is 4.57 Å². The number of hydrogen-bond donors (Lipinski definition) is 3. The van der Waals surface area contributed by atoms with E-state index >= 15 is 0 Å². The highest BCUT2D eigenvalue weighted by Crippen LogP contribution is 2.43. The first-order valence-corrected chi connectivity index (χ1v) is 42.2. The molecular formula is C81H162N2O6P+. The van der Waals surface area contributed by atoms with Crippen LogP contribution in [0, 0.1) is 0 Å². The van der Waals surface area contributed by atoms with E-state index in [1.165, 1.54) is 366 Å². The molecule has 0 aliphatic heterocycles. The second kappa shape index (κ2) is 72.3. The molecule has 0 aromatic heterocycles. The molecule has 3 unspecified atom stereocenters. The van der Waals surface area contributed by atoms with Gasteiger partial charge in [-0.05, 0) is 44.9 Å². The molecule has 0 radical (unpaired) electrons. The molecule has 0 saturated heterocycles. The van der Waals surface area contributed by atoms with Gasteiger partial charge >= 0.3 is 7.82 Å². The number of rotatable bonds is 77. The summed E-state index contributed by atoms with van der Waals surface area (Å²) in [5.41, 5.74) is 0. The predicted octanol–water partition coefficient (Wildman–Crippen LogP) is 26.6. The fourth-order valence-corrected chi connectivity index (χ4v) is 13.6. The summed E-state index contributed by atoms with van der Waals surface area (Å²) < 4.78 is 24.0. The number of nitrogens with one attached hydrogen (secondary N) is 1. The third-order valence-corrected chi connectivity index (χ3v) is 20.2. The Morgan fingerprint density at radius 2 is 0.633 bits per heavy atom. The van der Waals surface area contributed by atoms with E-state index in [1.807, 2.05) is 21.1 Å². The average molecular weight is 1290 g/mol. The highest BCUT2D eigenvalue weighted by Gasteiger charge is 2.28. The van der Waals surface area contributed by atoms with Crippen LogP contribution in [-0.4, -0.2) is 73.4 Å². The molecule has 0 rings (SSSR count). The van der Waals surface area contributed by atoms with Gasteiger partial charge in [0.1, 0.15) is 13.2 Å². The van der Waals surface area contributed by atoms with Crippen molar-refractivity contribution in [2.45, 2.75) is 450 Å². The van der Waals surface area contributed by atoms with Crippen LogP contribution in [-0.2, 0) is 18.4 Å². The van der Waals surface area contributed by atoms with E-state index < -0.39 is 20.0 Å². The first kappa shape index (κ1) is 89.0. The minimum atomic E-state index is -4.33. The van der Waals surface area contributed by atoms with Crippen molar-refractivity contribution >= 4 is 13.7 Å². The van der Waals surface area contributed by atoms with Crippen molar-refractivity contribution in [2.75, 3.05) is 40.9 Å². The SMILES string of the molecule is CCCCCCC/C=C\C/C=C\CCCCCCCCCCCCCCCCCCCCCCCCCCCCCC(=O)NC(COP(=O)(O)OCC[N+](C)(C)C)C(O)CCCCCCCCCCCCCCCCCCCCCCCCCCCCCCC. The maximum absolute atomic E-state index is 13.1. The maximum atomic E-state index is 13.1. The highest BCUT2D eigenvalue weighted by molar-refractivity contribution is 7.47. The molecule has 0 bridgehead atoms. The number of phosphoric acid groups is 1. The molecule has 0 fully saturated rings. The minimum Gasteiger partial charge on any atom is -0.391 e. The lowest BCUT2D eigenvalue weighted by Gasteiger charge is -2.26. The van der Waals surface area contributed by atoms with Crippen LogP contribution in [0.15, 0.2) is 24.3 Å². The number of unbranched alkanes of at least 4 members (excludes halogenated alkanes) is 60. The number of quaternary nitrogens is 1. The van der Waals surface area contributed by atoms with Gasteiger partial charge in [0.15, 0.2) is 0 Å². The number of nitrogens with zero attached hydrogens (tertiary/aromatic N) is 1. The van der Waals surface area contributed by atoms with Gasteiger partial charge in [-0.3, -0.25) is 13.8 Å². The Kier molecular flexibility index (Phi) is 71.4. The number of allylic oxidation sites excluding steroid dienone is 4. The standard InChI is InChI=1S/C81H161N2O6P/c1-6-8-10-12-14-16-18-20-22-24-26-28-30-32-34-36-37-38-39-40-41-42-43-44-45-47-49-51-53-55-57-59-61-63-65-67-69-71-73-75-81(85)82-79(78-89-90(86,87)88-77-76-83(3,4)5)80(84)74-72-70-68-66-64-62-60-58-56-54-52-50-48-46-35-33-31-29-27-25-23-21-19-17-15-13-11-9-7-2/h18,20,24,26,79-80,84H,6-17,19,21-23,25,27-78H2,1-5H3,(H-,82,85,86,87)/p+1/b20-18-,26-24-. The van der Waals surface area contributed by atoms with Crippen LogP contribution in [0.4, 0.5) is 0 Å². The summed E-state index contributed by atoms with van der Waals surface area (Å²) in [6, 6.07) is -0.760. The molecule has 1 amide bonds. The van der Waals surface area contributed by atoms with E-state index in [4.69, 9.17) is 9.05 Å². The summed E-state index contributed by atoms with van der Waals surface area (Å²) in [5, 5.41) is 14.2. The number of aliphatic hydroxyl groups is 1. The average Bonchev–Trinajstić information content (AvgIpc) is 3.72. The van der Waals surface area contributed by atoms with Crippen LogP contribution >= 0.6 is 7.82 Å². The molecule has 3 N–H and O–H groups in total. The zero-order valence-electron chi connectivity index (χ0n) is 61.7. The molecular weight excluding hydrogens is 1130 g/mol. The number of phosphoric ester groups is 1. The van der Waals surface area contributed by atoms with Gasteiger partial charge in [0.25, 0.3) is 0 Å². The second-order valence-electron chi connectivity index (χ2n) is 29.5. The lowest BCUT2D eigenvalue weighted by Crippen LogP contribution is -2.46. The molecule has 0 aromatic rings. The Hall–Kier alpha value is -1.02. The van der Waals surface area contributed by atoms with Crippen molar-refractivity contribution in [3.8, 4) is 0 Å². The van der Waals surface area contributed by atoms with Gasteiger partial charge in [-0.15, -0.1) is 0 Å². The first-order valence-electron chi connectivity index (χ1n) is 40.7. The largest absolute Gasteiger partial charge is 0.472 e. The van der Waals surface area contributed by atoms with E-state index in [0.717, 1.165) is 44.9 Å². The monoisotopic (exact) mass is 1290 g/mol. The second-order valence-corrected chi connectivity index (χ2v) is 31.0. The third-order valence-electron chi connectivity index (χ3n) is 19.2. The van der Waals surface area contributed by atoms with E-state index in [9.17, 15) is 19.4 Å². The number of hydrogen-bond acceptors (Lipinski definition) is 5. The third kappa shape index (κ3) is 74.4. The fraction of sp³-hybridized carbons (Fsp3) is 0.938. The Balaban J connectivity index is 3.88. The van der Waals surface area contributed by atoms with Gasteiger partial charge < -0.3 is 19.8 Å². The maximum Gasteiger partial charge on any atom is 0.472 e. The van der Waals surface area contributed by atoms with Crippen LogP contribution < -0.4 is 5.32 Å². The summed E-state index contributed by atoms with van der Waals surface area (Å²) in [6.07, 6.45) is 96.2. The molecule has 90 heavy (non-hydrogen) atoms. The Morgan fingerprint density at radius 3 is 0.911 bits per heavy atom. The number of aliphatic hydroxyl groups excluding tert-OH is 1. The van der Waals surface area contributed by atoms with Crippen LogP contribution in [0.1, 0.15) is 438 Å². The van der Waals surface area contributed by atoms with E-state index in [1.54, 1.807) is 0 Å². The van der Waals surface area contributed by atoms with Crippen LogP contribution in [0.3, 0.4) is 0 Å². The van der Waals surface area contributed by atoms with Gasteiger partial charge in [0.2, 0.25) is 5.91 Å². The summed E-state index contributed by atoms with van der Waals surface area (Å²) in [6.45, 7) is 4.95. The van der Waals surface area contributed by atoms with Gasteiger partial charge in [0, 0.05) is 6.42 Å². The molecule has 536 valence electrons. The number of likely N-dealkylation sites (N-methyl/N-ethyl adjacent to an activating group) is 1. The summed E-state index contributed by atoms with van der Waals surface area (Å²) in [4.78, 5) is 23.5. The molecule has 9 heteroatoms. The van der Waals surface area contributed by atoms with Gasteiger partial charge in [0.05, 0.1) is 39.9 Å². The fourth-order valence-electron chi connectivity index (χ4n) is 12.9. The van der Waals surface area contributed by atoms with Crippen molar-refractivity contribution in [1.82, 2.24) is 5.32 Å². The summed E-state index contributed by atoms with van der Waals surface area (Å²) in [5.74, 6) is -0.133. The van der Waals surface area contributed by atoms with Crippen LogP contribution in [0.5, 0.6) is 0 Å². The van der Waals surface area contributed by atoms with Crippen molar-refractivity contribution in [2.24, 2.45) is 0 Å². The molecule has 0 aliphatic carbocycles. The zero-order chi connectivity index (χ0) is 65.5. The number of amides is 1. The summed E-state index contributed by atoms with van der Waals surface area (Å²) in [7, 11) is 1.64. The molecule has 0 heterocycles. The van der Waals surface area contributed by atoms with E-state index in [2.05, 4.69) is 43.5 Å². The van der Waals surface area contributed by atoms with E-state index in [0.29, 0.717) is 23.9 Å².